The van der Waals surface area contributed by atoms with Crippen LogP contribution < -0.4 is 9.80 Å². The standard InChI is InChI=1S/C42H30BrClN2O5/c43-25-14-16-27(17-15-25)45-38(48)31-20-19-30-33(35(31)40(45)50)22-34-39(49)46(28-11-6-10-26(44)21-28)41(51)42(34,24-8-2-1-3-9-24)36(30)32-18-13-23-7-4-5-12-29(23)37(32)47/h1-19,21,31,33-36,47H,20,22H2. The lowest BCUT2D eigenvalue weighted by atomic mass is 9.49. The number of nitrogens with zero attached hydrogens (tertiary/aromatic N) is 2. The van der Waals surface area contributed by atoms with Crippen LogP contribution in [0, 0.1) is 23.7 Å². The van der Waals surface area contributed by atoms with E-state index in [-0.39, 0.29) is 30.4 Å². The van der Waals surface area contributed by atoms with E-state index in [1.54, 1.807) is 48.5 Å². The summed E-state index contributed by atoms with van der Waals surface area (Å²) in [6.07, 6.45) is 2.46. The van der Waals surface area contributed by atoms with Crippen molar-refractivity contribution >= 4 is 73.3 Å². The van der Waals surface area contributed by atoms with Gasteiger partial charge in [-0.25, -0.2) is 4.90 Å². The Kier molecular flexibility index (Phi) is 7.35. The number of phenols is 1. The highest BCUT2D eigenvalue weighted by molar-refractivity contribution is 9.10. The summed E-state index contributed by atoms with van der Waals surface area (Å²) in [6, 6.07) is 34.3. The molecule has 3 fully saturated rings. The summed E-state index contributed by atoms with van der Waals surface area (Å²) in [6.45, 7) is 0. The normalized spacial score (nSPS) is 27.0. The minimum absolute atomic E-state index is 0.0163. The van der Waals surface area contributed by atoms with Gasteiger partial charge < -0.3 is 5.11 Å². The number of allylic oxidation sites excluding steroid dienone is 2. The highest BCUT2D eigenvalue weighted by Gasteiger charge is 2.70. The van der Waals surface area contributed by atoms with E-state index in [1.165, 1.54) is 9.80 Å². The minimum atomic E-state index is -1.48. The van der Waals surface area contributed by atoms with E-state index in [0.29, 0.717) is 32.9 Å². The Hall–Kier alpha value is -5.05. The Bertz CT molecular complexity index is 2340. The predicted octanol–water partition coefficient (Wildman–Crippen LogP) is 8.33. The Morgan fingerprint density at radius 1 is 0.725 bits per heavy atom. The van der Waals surface area contributed by atoms with Crippen LogP contribution in [-0.2, 0) is 24.6 Å². The van der Waals surface area contributed by atoms with Crippen LogP contribution in [-0.4, -0.2) is 28.7 Å². The molecule has 51 heavy (non-hydrogen) atoms. The van der Waals surface area contributed by atoms with Crippen molar-refractivity contribution in [2.75, 3.05) is 9.80 Å². The minimum Gasteiger partial charge on any atom is -0.507 e. The number of imide groups is 2. The molecule has 1 N–H and O–H groups in total. The average Bonchev–Trinajstić information content (AvgIpc) is 3.53. The molecule has 2 aliphatic heterocycles. The maximum atomic E-state index is 15.4. The Morgan fingerprint density at radius 2 is 1.47 bits per heavy atom. The third-order valence-corrected chi connectivity index (χ3v) is 12.3. The van der Waals surface area contributed by atoms with E-state index in [4.69, 9.17) is 11.6 Å². The number of rotatable bonds is 4. The van der Waals surface area contributed by atoms with Crippen LogP contribution >= 0.6 is 27.5 Å². The van der Waals surface area contributed by atoms with Crippen LogP contribution in [0.25, 0.3) is 10.8 Å². The molecule has 0 radical (unpaired) electrons. The molecule has 0 spiro atoms. The highest BCUT2D eigenvalue weighted by Crippen LogP contribution is 2.65. The van der Waals surface area contributed by atoms with Crippen molar-refractivity contribution in [1.29, 1.82) is 0 Å². The number of aromatic hydroxyl groups is 1. The van der Waals surface area contributed by atoms with Gasteiger partial charge in [-0.1, -0.05) is 112 Å². The first-order valence-corrected chi connectivity index (χ1v) is 18.1. The van der Waals surface area contributed by atoms with Crippen molar-refractivity contribution in [2.45, 2.75) is 24.2 Å². The average molecular weight is 758 g/mol. The number of phenolic OH excluding ortho intramolecular Hbond substituents is 1. The first kappa shape index (κ1) is 31.9. The number of hydrogen-bond acceptors (Lipinski definition) is 5. The molecule has 0 bridgehead atoms. The Labute approximate surface area is 307 Å². The van der Waals surface area contributed by atoms with Crippen LogP contribution in [0.2, 0.25) is 5.02 Å². The summed E-state index contributed by atoms with van der Waals surface area (Å²) >= 11 is 9.86. The molecule has 9 heteroatoms. The third kappa shape index (κ3) is 4.49. The van der Waals surface area contributed by atoms with E-state index in [9.17, 15) is 19.5 Å². The lowest BCUT2D eigenvalue weighted by molar-refractivity contribution is -0.127. The van der Waals surface area contributed by atoms with E-state index in [2.05, 4.69) is 15.9 Å². The van der Waals surface area contributed by atoms with Crippen LogP contribution in [0.4, 0.5) is 11.4 Å². The predicted molar refractivity (Wildman–Crippen MR) is 198 cm³/mol. The fourth-order valence-corrected chi connectivity index (χ4v) is 9.89. The number of amides is 4. The van der Waals surface area contributed by atoms with Crippen LogP contribution in [0.3, 0.4) is 0 Å². The second-order valence-electron chi connectivity index (χ2n) is 13.8. The number of benzene rings is 5. The van der Waals surface area contributed by atoms with Gasteiger partial charge in [-0.15, -0.1) is 0 Å². The largest absolute Gasteiger partial charge is 0.507 e. The van der Waals surface area contributed by atoms with Crippen LogP contribution in [0.1, 0.15) is 29.9 Å². The molecule has 6 unspecified atom stereocenters. The van der Waals surface area contributed by atoms with E-state index in [0.717, 1.165) is 15.4 Å². The Balaban J connectivity index is 1.29. The number of carbonyl (C=O) groups is 4. The van der Waals surface area contributed by atoms with Gasteiger partial charge in [0.15, 0.2) is 0 Å². The lowest BCUT2D eigenvalue weighted by Gasteiger charge is -2.50. The van der Waals surface area contributed by atoms with Crippen molar-refractivity contribution in [3.63, 3.8) is 0 Å². The summed E-state index contributed by atoms with van der Waals surface area (Å²) in [7, 11) is 0. The van der Waals surface area contributed by atoms with Gasteiger partial charge in [0.2, 0.25) is 23.6 Å². The van der Waals surface area contributed by atoms with Gasteiger partial charge in [-0.3, -0.25) is 24.1 Å². The fourth-order valence-electron chi connectivity index (χ4n) is 9.44. The van der Waals surface area contributed by atoms with Crippen molar-refractivity contribution in [3.8, 4) is 5.75 Å². The molecular formula is C42H30BrClN2O5. The van der Waals surface area contributed by atoms with Gasteiger partial charge in [-0.05, 0) is 72.2 Å². The zero-order valence-corrected chi connectivity index (χ0v) is 29.4. The molecule has 9 rings (SSSR count). The zero-order valence-electron chi connectivity index (χ0n) is 27.1. The number of anilines is 2. The van der Waals surface area contributed by atoms with Crippen LogP contribution in [0.5, 0.6) is 5.75 Å². The van der Waals surface area contributed by atoms with Gasteiger partial charge in [0, 0.05) is 26.4 Å². The maximum Gasteiger partial charge on any atom is 0.246 e. The van der Waals surface area contributed by atoms with Gasteiger partial charge in [0.05, 0.1) is 34.5 Å². The van der Waals surface area contributed by atoms with E-state index in [1.807, 2.05) is 72.8 Å². The molecule has 2 aliphatic carbocycles. The zero-order chi connectivity index (χ0) is 35.2. The smallest absolute Gasteiger partial charge is 0.246 e. The number of hydrogen-bond donors (Lipinski definition) is 1. The summed E-state index contributed by atoms with van der Waals surface area (Å²) in [5, 5.41) is 14.0. The topological polar surface area (TPSA) is 95.0 Å². The second kappa shape index (κ2) is 11.8. The molecule has 2 saturated heterocycles. The fraction of sp³-hybridized carbons (Fsp3) is 0.190. The first-order valence-electron chi connectivity index (χ1n) is 16.9. The second-order valence-corrected chi connectivity index (χ2v) is 15.2. The molecule has 1 saturated carbocycles. The summed E-state index contributed by atoms with van der Waals surface area (Å²) in [4.78, 5) is 61.5. The summed E-state index contributed by atoms with van der Waals surface area (Å²) < 4.78 is 0.822. The molecule has 6 atom stereocenters. The van der Waals surface area contributed by atoms with Crippen molar-refractivity contribution in [2.24, 2.45) is 23.7 Å². The number of carbonyl (C=O) groups excluding carboxylic acids is 4. The molecule has 5 aromatic carbocycles. The molecular weight excluding hydrogens is 728 g/mol. The molecule has 4 amide bonds. The molecule has 2 heterocycles. The van der Waals surface area contributed by atoms with Gasteiger partial charge >= 0.3 is 0 Å². The van der Waals surface area contributed by atoms with E-state index < -0.39 is 46.8 Å². The quantitative estimate of drug-likeness (QED) is 0.147. The van der Waals surface area contributed by atoms with Crippen molar-refractivity contribution in [3.05, 3.63) is 148 Å². The molecule has 4 aliphatic rings. The first-order chi connectivity index (χ1) is 24.7. The summed E-state index contributed by atoms with van der Waals surface area (Å²) in [5.74, 6) is -5.08. The van der Waals surface area contributed by atoms with Gasteiger partial charge in [0.1, 0.15) is 5.75 Å². The molecule has 0 aromatic heterocycles. The third-order valence-electron chi connectivity index (χ3n) is 11.5. The lowest BCUT2D eigenvalue weighted by Crippen LogP contribution is -2.53. The molecule has 5 aromatic rings. The number of halogens is 2. The van der Waals surface area contributed by atoms with Gasteiger partial charge in [0.25, 0.3) is 0 Å². The molecule has 252 valence electrons. The van der Waals surface area contributed by atoms with Crippen molar-refractivity contribution < 1.29 is 24.3 Å². The van der Waals surface area contributed by atoms with Crippen LogP contribution in [0.15, 0.2) is 131 Å². The molecule has 7 nitrogen and oxygen atoms in total. The summed E-state index contributed by atoms with van der Waals surface area (Å²) in [5.41, 5.74) is 1.28. The van der Waals surface area contributed by atoms with E-state index >= 15 is 4.79 Å². The maximum absolute atomic E-state index is 15.4. The monoisotopic (exact) mass is 756 g/mol. The van der Waals surface area contributed by atoms with Crippen molar-refractivity contribution in [1.82, 2.24) is 0 Å². The highest BCUT2D eigenvalue weighted by atomic mass is 79.9. The van der Waals surface area contributed by atoms with Gasteiger partial charge in [-0.2, -0.15) is 0 Å². The SMILES string of the molecule is O=C1C2CC=C3C(CC4C(=O)N(c5cccc(Cl)c5)C(=O)C4(c4ccccc4)C3c3ccc4ccccc4c3O)C2C(=O)N1c1ccc(Br)cc1. The Morgan fingerprint density at radius 3 is 2.24 bits per heavy atom. The number of fused-ring (bicyclic) bond motifs is 5.